The molecule has 0 unspecified atom stereocenters. The molecule has 0 spiro atoms. The van der Waals surface area contributed by atoms with Gasteiger partial charge in [-0.2, -0.15) is 0 Å². The Balaban J connectivity index is 2.04. The van der Waals surface area contributed by atoms with E-state index >= 15 is 0 Å². The van der Waals surface area contributed by atoms with Crippen LogP contribution >= 0.6 is 0 Å². The summed E-state index contributed by atoms with van der Waals surface area (Å²) in [5, 5.41) is 8.91. The Kier molecular flexibility index (Phi) is 4.83. The lowest BCUT2D eigenvalue weighted by molar-refractivity contribution is -0.165. The second-order valence-electron chi connectivity index (χ2n) is 5.99. The van der Waals surface area contributed by atoms with Gasteiger partial charge in [0, 0.05) is 33.7 Å². The molecule has 0 bridgehead atoms. The van der Waals surface area contributed by atoms with Gasteiger partial charge in [-0.1, -0.05) is 12.1 Å². The van der Waals surface area contributed by atoms with Gasteiger partial charge in [-0.15, -0.1) is 0 Å². The molecular formula is C16H22N2O4. The molecule has 1 N–H and O–H groups in total. The Morgan fingerprint density at radius 2 is 1.95 bits per heavy atom. The first-order valence-corrected chi connectivity index (χ1v) is 7.22. The van der Waals surface area contributed by atoms with E-state index in [0.717, 1.165) is 12.1 Å². The zero-order valence-electron chi connectivity index (χ0n) is 13.2. The Labute approximate surface area is 130 Å². The van der Waals surface area contributed by atoms with Gasteiger partial charge >= 0.3 is 5.97 Å². The summed E-state index contributed by atoms with van der Waals surface area (Å²) in [6.07, 6.45) is 0. The molecule has 0 radical (unpaired) electrons. The van der Waals surface area contributed by atoms with Crippen molar-refractivity contribution >= 4 is 11.9 Å². The number of aromatic carboxylic acids is 1. The Morgan fingerprint density at radius 3 is 2.50 bits per heavy atom. The number of benzene rings is 1. The highest BCUT2D eigenvalue weighted by Crippen LogP contribution is 2.21. The lowest BCUT2D eigenvalue weighted by Crippen LogP contribution is -2.57. The average molecular weight is 306 g/mol. The number of rotatable bonds is 4. The number of likely N-dealkylation sites (N-methyl/N-ethyl adjacent to an activating group) is 1. The number of carbonyl (C=O) groups is 2. The molecule has 0 aliphatic carbocycles. The highest BCUT2D eigenvalue weighted by molar-refractivity contribution is 5.87. The maximum atomic E-state index is 12.2. The predicted octanol–water partition coefficient (Wildman–Crippen LogP) is 1.06. The van der Waals surface area contributed by atoms with Crippen molar-refractivity contribution in [1.29, 1.82) is 0 Å². The summed E-state index contributed by atoms with van der Waals surface area (Å²) < 4.78 is 5.70. The maximum absolute atomic E-state index is 12.2. The number of ether oxygens (including phenoxy) is 1. The van der Waals surface area contributed by atoms with E-state index in [2.05, 4.69) is 4.90 Å². The summed E-state index contributed by atoms with van der Waals surface area (Å²) in [6, 6.07) is 6.82. The van der Waals surface area contributed by atoms with Crippen LogP contribution in [0.25, 0.3) is 0 Å². The van der Waals surface area contributed by atoms with Crippen LogP contribution in [-0.4, -0.2) is 66.2 Å². The van der Waals surface area contributed by atoms with Crippen LogP contribution in [0.4, 0.5) is 0 Å². The zero-order chi connectivity index (χ0) is 16.3. The molecule has 2 rings (SSSR count). The summed E-state index contributed by atoms with van der Waals surface area (Å²) in [7, 11) is 3.45. The van der Waals surface area contributed by atoms with Crippen LogP contribution in [-0.2, 0) is 16.1 Å². The van der Waals surface area contributed by atoms with Crippen LogP contribution in [0.3, 0.4) is 0 Å². The molecule has 0 aromatic heterocycles. The van der Waals surface area contributed by atoms with Crippen molar-refractivity contribution in [1.82, 2.24) is 9.80 Å². The first-order chi connectivity index (χ1) is 10.3. The first-order valence-electron chi connectivity index (χ1n) is 7.22. The van der Waals surface area contributed by atoms with E-state index in [1.165, 1.54) is 0 Å². The smallest absolute Gasteiger partial charge is 0.335 e. The van der Waals surface area contributed by atoms with E-state index < -0.39 is 11.6 Å². The number of hydrogen-bond donors (Lipinski definition) is 1. The minimum atomic E-state index is -0.929. The monoisotopic (exact) mass is 306 g/mol. The molecule has 1 aromatic rings. The molecule has 1 aromatic carbocycles. The van der Waals surface area contributed by atoms with Crippen molar-refractivity contribution in [3.63, 3.8) is 0 Å². The SMILES string of the molecule is CN(C)C(=O)[C@]1(C)CN(Cc2ccc(C(=O)O)cc2)CCO1. The van der Waals surface area contributed by atoms with Gasteiger partial charge in [-0.3, -0.25) is 9.69 Å². The number of carboxylic acids is 1. The van der Waals surface area contributed by atoms with Crippen LogP contribution in [0.15, 0.2) is 24.3 Å². The van der Waals surface area contributed by atoms with Gasteiger partial charge < -0.3 is 14.7 Å². The molecule has 1 aliphatic heterocycles. The predicted molar refractivity (Wildman–Crippen MR) is 81.7 cm³/mol. The second-order valence-corrected chi connectivity index (χ2v) is 5.99. The first kappa shape index (κ1) is 16.5. The fraction of sp³-hybridized carbons (Fsp3) is 0.500. The summed E-state index contributed by atoms with van der Waals surface area (Å²) in [5.41, 5.74) is 0.466. The topological polar surface area (TPSA) is 70.1 Å². The van der Waals surface area contributed by atoms with E-state index in [9.17, 15) is 9.59 Å². The van der Waals surface area contributed by atoms with Crippen molar-refractivity contribution < 1.29 is 19.4 Å². The number of hydrogen-bond acceptors (Lipinski definition) is 4. The third kappa shape index (κ3) is 3.64. The summed E-state index contributed by atoms with van der Waals surface area (Å²) >= 11 is 0. The molecule has 6 nitrogen and oxygen atoms in total. The number of nitrogens with zero attached hydrogens (tertiary/aromatic N) is 2. The van der Waals surface area contributed by atoms with Gasteiger partial charge in [0.25, 0.3) is 5.91 Å². The number of morpholine rings is 1. The lowest BCUT2D eigenvalue weighted by atomic mass is 10.0. The number of carbonyl (C=O) groups excluding carboxylic acids is 1. The lowest BCUT2D eigenvalue weighted by Gasteiger charge is -2.40. The molecule has 1 heterocycles. The van der Waals surface area contributed by atoms with E-state index in [1.54, 1.807) is 31.1 Å². The third-order valence-corrected chi connectivity index (χ3v) is 3.82. The molecule has 6 heteroatoms. The molecular weight excluding hydrogens is 284 g/mol. The standard InChI is InChI=1S/C16H22N2O4/c1-16(15(21)17(2)3)11-18(8-9-22-16)10-12-4-6-13(7-5-12)14(19)20/h4-7H,8-11H2,1-3H3,(H,19,20)/t16-/m0/s1. The normalized spacial score (nSPS) is 22.3. The number of amides is 1. The zero-order valence-corrected chi connectivity index (χ0v) is 13.2. The van der Waals surface area contributed by atoms with Gasteiger partial charge in [-0.05, 0) is 24.6 Å². The average Bonchev–Trinajstić information content (AvgIpc) is 2.47. The quantitative estimate of drug-likeness (QED) is 0.901. The van der Waals surface area contributed by atoms with E-state index in [-0.39, 0.29) is 11.5 Å². The van der Waals surface area contributed by atoms with E-state index in [4.69, 9.17) is 9.84 Å². The van der Waals surface area contributed by atoms with Gasteiger partial charge in [0.1, 0.15) is 0 Å². The van der Waals surface area contributed by atoms with Gasteiger partial charge in [0.2, 0.25) is 0 Å². The molecule has 22 heavy (non-hydrogen) atoms. The molecule has 1 atom stereocenters. The van der Waals surface area contributed by atoms with Crippen molar-refractivity contribution in [3.05, 3.63) is 35.4 Å². The summed E-state index contributed by atoms with van der Waals surface area (Å²) in [4.78, 5) is 26.8. The maximum Gasteiger partial charge on any atom is 0.335 e. The Bertz CT molecular complexity index is 556. The molecule has 1 fully saturated rings. The fourth-order valence-corrected chi connectivity index (χ4v) is 2.70. The molecule has 1 aliphatic rings. The van der Waals surface area contributed by atoms with Crippen molar-refractivity contribution in [3.8, 4) is 0 Å². The molecule has 0 saturated carbocycles. The third-order valence-electron chi connectivity index (χ3n) is 3.82. The van der Waals surface area contributed by atoms with Gasteiger partial charge in [0.15, 0.2) is 5.60 Å². The molecule has 1 amide bonds. The van der Waals surface area contributed by atoms with E-state index in [0.29, 0.717) is 19.7 Å². The van der Waals surface area contributed by atoms with Crippen LogP contribution in [0, 0.1) is 0 Å². The molecule has 120 valence electrons. The van der Waals surface area contributed by atoms with Gasteiger partial charge in [-0.25, -0.2) is 4.79 Å². The number of carboxylic acid groups (broad SMARTS) is 1. The largest absolute Gasteiger partial charge is 0.478 e. The minimum absolute atomic E-state index is 0.0431. The Hall–Kier alpha value is -1.92. The molecule has 1 saturated heterocycles. The fourth-order valence-electron chi connectivity index (χ4n) is 2.70. The van der Waals surface area contributed by atoms with Crippen molar-refractivity contribution in [2.24, 2.45) is 0 Å². The van der Waals surface area contributed by atoms with Crippen LogP contribution < -0.4 is 0 Å². The van der Waals surface area contributed by atoms with Crippen molar-refractivity contribution in [2.75, 3.05) is 33.8 Å². The van der Waals surface area contributed by atoms with Gasteiger partial charge in [0.05, 0.1) is 12.2 Å². The summed E-state index contributed by atoms with van der Waals surface area (Å²) in [6.45, 7) is 4.25. The highest BCUT2D eigenvalue weighted by atomic mass is 16.5. The van der Waals surface area contributed by atoms with Crippen molar-refractivity contribution in [2.45, 2.75) is 19.1 Å². The van der Waals surface area contributed by atoms with Crippen LogP contribution in [0.5, 0.6) is 0 Å². The Morgan fingerprint density at radius 1 is 1.32 bits per heavy atom. The van der Waals surface area contributed by atoms with Crippen LogP contribution in [0.2, 0.25) is 0 Å². The minimum Gasteiger partial charge on any atom is -0.478 e. The summed E-state index contributed by atoms with van der Waals surface area (Å²) in [5.74, 6) is -0.972. The van der Waals surface area contributed by atoms with E-state index in [1.807, 2.05) is 19.1 Å². The highest BCUT2D eigenvalue weighted by Gasteiger charge is 2.40. The van der Waals surface area contributed by atoms with Crippen LogP contribution in [0.1, 0.15) is 22.8 Å². The second kappa shape index (κ2) is 6.46.